The Morgan fingerprint density at radius 1 is 1.33 bits per heavy atom. The van der Waals surface area contributed by atoms with E-state index >= 15 is 0 Å². The normalized spacial score (nSPS) is 22.1. The van der Waals surface area contributed by atoms with Crippen LogP contribution in [0.1, 0.15) is 36.8 Å². The molecule has 3 rings (SSSR count). The topological polar surface area (TPSA) is 78.9 Å². The molecule has 2 N–H and O–H groups in total. The quantitative estimate of drug-likeness (QED) is 0.798. The minimum Gasteiger partial charge on any atom is -0.396 e. The average Bonchev–Trinajstić information content (AvgIpc) is 3.06. The zero-order chi connectivity index (χ0) is 19.4. The van der Waals surface area contributed by atoms with Gasteiger partial charge in [-0.1, -0.05) is 12.1 Å². The van der Waals surface area contributed by atoms with Crippen molar-refractivity contribution >= 4 is 17.5 Å². The first-order chi connectivity index (χ1) is 13.0. The third kappa shape index (κ3) is 4.50. The molecule has 2 aliphatic rings. The van der Waals surface area contributed by atoms with Crippen molar-refractivity contribution in [3.05, 3.63) is 29.3 Å². The Morgan fingerprint density at radius 2 is 2.07 bits per heavy atom. The highest BCUT2D eigenvalue weighted by atomic mass is 16.5. The first-order valence-electron chi connectivity index (χ1n) is 9.86. The molecule has 148 valence electrons. The monoisotopic (exact) mass is 374 g/mol. The van der Waals surface area contributed by atoms with Crippen LogP contribution in [0.5, 0.6) is 0 Å². The molecule has 1 aromatic carbocycles. The molecular formula is C21H30N2O4. The number of carbonyl (C=O) groups excluding carboxylic acids is 2. The van der Waals surface area contributed by atoms with Gasteiger partial charge in [-0.2, -0.15) is 0 Å². The Morgan fingerprint density at radius 3 is 2.78 bits per heavy atom. The van der Waals surface area contributed by atoms with Gasteiger partial charge in [0.25, 0.3) is 0 Å². The SMILES string of the molecule is Cc1cccc(N2CC(C(=O)NC(CCO)C3CCOCC3)CC2=O)c1C. The summed E-state index contributed by atoms with van der Waals surface area (Å²) >= 11 is 0. The predicted molar refractivity (Wildman–Crippen MR) is 104 cm³/mol. The first kappa shape index (κ1) is 19.8. The van der Waals surface area contributed by atoms with Crippen molar-refractivity contribution in [3.63, 3.8) is 0 Å². The van der Waals surface area contributed by atoms with Gasteiger partial charge in [-0.25, -0.2) is 0 Å². The maximum Gasteiger partial charge on any atom is 0.227 e. The highest BCUT2D eigenvalue weighted by Gasteiger charge is 2.37. The van der Waals surface area contributed by atoms with E-state index in [1.807, 2.05) is 32.0 Å². The van der Waals surface area contributed by atoms with E-state index in [4.69, 9.17) is 4.74 Å². The van der Waals surface area contributed by atoms with Crippen molar-refractivity contribution < 1.29 is 19.4 Å². The van der Waals surface area contributed by atoms with Crippen LogP contribution in [0.25, 0.3) is 0 Å². The molecule has 2 unspecified atom stereocenters. The molecule has 0 saturated carbocycles. The Balaban J connectivity index is 1.66. The van der Waals surface area contributed by atoms with Gasteiger partial charge in [0.05, 0.1) is 5.92 Å². The van der Waals surface area contributed by atoms with E-state index < -0.39 is 0 Å². The summed E-state index contributed by atoms with van der Waals surface area (Å²) in [7, 11) is 0. The highest BCUT2D eigenvalue weighted by Crippen LogP contribution is 2.30. The first-order valence-corrected chi connectivity index (χ1v) is 9.86. The zero-order valence-corrected chi connectivity index (χ0v) is 16.2. The molecule has 2 atom stereocenters. The molecule has 6 heteroatoms. The molecule has 1 aromatic rings. The molecule has 2 aliphatic heterocycles. The number of nitrogens with one attached hydrogen (secondary N) is 1. The van der Waals surface area contributed by atoms with Crippen molar-refractivity contribution in [2.45, 2.75) is 45.6 Å². The fraction of sp³-hybridized carbons (Fsp3) is 0.619. The van der Waals surface area contributed by atoms with E-state index in [1.165, 1.54) is 0 Å². The molecule has 0 spiro atoms. The van der Waals surface area contributed by atoms with Crippen LogP contribution in [-0.4, -0.2) is 49.3 Å². The summed E-state index contributed by atoms with van der Waals surface area (Å²) < 4.78 is 5.40. The largest absolute Gasteiger partial charge is 0.396 e. The van der Waals surface area contributed by atoms with E-state index in [1.54, 1.807) is 4.90 Å². The van der Waals surface area contributed by atoms with Crippen LogP contribution in [0.3, 0.4) is 0 Å². The molecule has 0 aromatic heterocycles. The number of amides is 2. The van der Waals surface area contributed by atoms with E-state index in [0.717, 1.165) is 29.7 Å². The lowest BCUT2D eigenvalue weighted by Gasteiger charge is -2.31. The number of hydrogen-bond donors (Lipinski definition) is 2. The second-order valence-electron chi connectivity index (χ2n) is 7.70. The van der Waals surface area contributed by atoms with Gasteiger partial charge in [-0.15, -0.1) is 0 Å². The Bertz CT molecular complexity index is 685. The van der Waals surface area contributed by atoms with Crippen molar-refractivity contribution in [2.24, 2.45) is 11.8 Å². The summed E-state index contributed by atoms with van der Waals surface area (Å²) in [4.78, 5) is 27.1. The number of hydrogen-bond acceptors (Lipinski definition) is 4. The number of aliphatic hydroxyl groups is 1. The average molecular weight is 374 g/mol. The van der Waals surface area contributed by atoms with Gasteiger partial charge in [0.15, 0.2) is 0 Å². The third-order valence-corrected chi connectivity index (χ3v) is 5.97. The number of benzene rings is 1. The van der Waals surface area contributed by atoms with Crippen molar-refractivity contribution in [1.82, 2.24) is 5.32 Å². The van der Waals surface area contributed by atoms with Gasteiger partial charge < -0.3 is 20.1 Å². The van der Waals surface area contributed by atoms with Crippen LogP contribution in [0.4, 0.5) is 5.69 Å². The van der Waals surface area contributed by atoms with E-state index in [-0.39, 0.29) is 36.8 Å². The van der Waals surface area contributed by atoms with E-state index in [9.17, 15) is 14.7 Å². The molecule has 2 saturated heterocycles. The number of ether oxygens (including phenoxy) is 1. The molecular weight excluding hydrogens is 344 g/mol. The number of anilines is 1. The van der Waals surface area contributed by atoms with Crippen LogP contribution in [0.2, 0.25) is 0 Å². The molecule has 0 radical (unpaired) electrons. The molecule has 2 amide bonds. The standard InChI is InChI=1S/C21H30N2O4/c1-14-4-3-5-19(15(14)2)23-13-17(12-20(23)25)21(26)22-18(6-9-24)16-7-10-27-11-8-16/h3-5,16-18,24H,6-13H2,1-2H3,(H,22,26). The summed E-state index contributed by atoms with van der Waals surface area (Å²) in [5.41, 5.74) is 3.11. The van der Waals surface area contributed by atoms with Crippen LogP contribution in [0, 0.1) is 25.7 Å². The third-order valence-electron chi connectivity index (χ3n) is 5.97. The van der Waals surface area contributed by atoms with Gasteiger partial charge in [0, 0.05) is 44.5 Å². The van der Waals surface area contributed by atoms with E-state index in [0.29, 0.717) is 32.1 Å². The number of nitrogens with zero attached hydrogens (tertiary/aromatic N) is 1. The number of aryl methyl sites for hydroxylation is 1. The number of carbonyl (C=O) groups is 2. The van der Waals surface area contributed by atoms with Crippen LogP contribution in [0.15, 0.2) is 18.2 Å². The predicted octanol–water partition coefficient (Wildman–Crippen LogP) is 1.95. The Hall–Kier alpha value is -1.92. The molecule has 6 nitrogen and oxygen atoms in total. The zero-order valence-electron chi connectivity index (χ0n) is 16.2. The maximum absolute atomic E-state index is 12.8. The maximum atomic E-state index is 12.8. The van der Waals surface area contributed by atoms with Gasteiger partial charge >= 0.3 is 0 Å². The second-order valence-corrected chi connectivity index (χ2v) is 7.70. The van der Waals surface area contributed by atoms with E-state index in [2.05, 4.69) is 5.32 Å². The van der Waals surface area contributed by atoms with Crippen LogP contribution in [-0.2, 0) is 14.3 Å². The molecule has 2 heterocycles. The van der Waals surface area contributed by atoms with Crippen molar-refractivity contribution in [2.75, 3.05) is 31.3 Å². The van der Waals surface area contributed by atoms with Gasteiger partial charge in [0.2, 0.25) is 11.8 Å². The Labute approximate surface area is 160 Å². The Kier molecular flexibility index (Phi) is 6.50. The van der Waals surface area contributed by atoms with Gasteiger partial charge in [-0.3, -0.25) is 9.59 Å². The fourth-order valence-corrected chi connectivity index (χ4v) is 4.13. The van der Waals surface area contributed by atoms with Gasteiger partial charge in [0.1, 0.15) is 0 Å². The summed E-state index contributed by atoms with van der Waals surface area (Å²) in [5, 5.41) is 12.5. The fourth-order valence-electron chi connectivity index (χ4n) is 4.13. The minimum absolute atomic E-state index is 0.00590. The summed E-state index contributed by atoms with van der Waals surface area (Å²) in [5.74, 6) is -0.116. The molecule has 0 aliphatic carbocycles. The summed E-state index contributed by atoms with van der Waals surface area (Å²) in [6.07, 6.45) is 2.56. The summed E-state index contributed by atoms with van der Waals surface area (Å²) in [6.45, 7) is 5.88. The van der Waals surface area contributed by atoms with Crippen molar-refractivity contribution in [1.29, 1.82) is 0 Å². The number of rotatable bonds is 6. The summed E-state index contributed by atoms with van der Waals surface area (Å²) in [6, 6.07) is 5.85. The lowest BCUT2D eigenvalue weighted by molar-refractivity contribution is -0.127. The molecule has 2 fully saturated rings. The second kappa shape index (κ2) is 8.85. The van der Waals surface area contributed by atoms with Gasteiger partial charge in [-0.05, 0) is 56.2 Å². The number of aliphatic hydroxyl groups excluding tert-OH is 1. The lowest BCUT2D eigenvalue weighted by Crippen LogP contribution is -2.45. The van der Waals surface area contributed by atoms with Crippen LogP contribution < -0.4 is 10.2 Å². The van der Waals surface area contributed by atoms with Crippen LogP contribution >= 0.6 is 0 Å². The smallest absolute Gasteiger partial charge is 0.227 e. The lowest BCUT2D eigenvalue weighted by atomic mass is 9.89. The minimum atomic E-state index is -0.349. The molecule has 0 bridgehead atoms. The van der Waals surface area contributed by atoms with Crippen molar-refractivity contribution in [3.8, 4) is 0 Å². The molecule has 27 heavy (non-hydrogen) atoms. The highest BCUT2D eigenvalue weighted by molar-refractivity contribution is 6.01.